The van der Waals surface area contributed by atoms with Crippen LogP contribution in [-0.2, 0) is 11.2 Å². The molecule has 2 unspecified atom stereocenters. The lowest BCUT2D eigenvalue weighted by Crippen LogP contribution is -2.40. The zero-order chi connectivity index (χ0) is 15.8. The second-order valence-electron chi connectivity index (χ2n) is 5.26. The van der Waals surface area contributed by atoms with Crippen molar-refractivity contribution in [1.29, 1.82) is 0 Å². The number of carbonyl (C=O) groups is 1. The van der Waals surface area contributed by atoms with E-state index in [-0.39, 0.29) is 17.9 Å². The van der Waals surface area contributed by atoms with Crippen molar-refractivity contribution in [3.8, 4) is 11.5 Å². The third-order valence-electron chi connectivity index (χ3n) is 3.34. The van der Waals surface area contributed by atoms with Crippen LogP contribution in [0.25, 0.3) is 0 Å². The van der Waals surface area contributed by atoms with Gasteiger partial charge in [0.25, 0.3) is 0 Å². The molecule has 2 atom stereocenters. The van der Waals surface area contributed by atoms with Gasteiger partial charge >= 0.3 is 0 Å². The van der Waals surface area contributed by atoms with Gasteiger partial charge in [-0.1, -0.05) is 13.0 Å². The van der Waals surface area contributed by atoms with E-state index in [9.17, 15) is 4.79 Å². The lowest BCUT2D eigenvalue weighted by molar-refractivity contribution is -0.124. The number of carbonyl (C=O) groups excluding carboxylic acids is 1. The minimum absolute atomic E-state index is 0.0390. The summed E-state index contributed by atoms with van der Waals surface area (Å²) in [6.45, 7) is 4.59. The first kappa shape index (κ1) is 17.3. The summed E-state index contributed by atoms with van der Waals surface area (Å²) in [6, 6.07) is 5.88. The predicted octanol–water partition coefficient (Wildman–Crippen LogP) is 1.61. The van der Waals surface area contributed by atoms with Crippen LogP contribution in [-0.4, -0.2) is 39.8 Å². The standard InChI is InChI=1S/C16H26N2O3/c1-11(10-17-3)16(19)18-12(2)8-13-6-7-14(20-4)15(9-13)21-5/h6-7,9,11-12,17H,8,10H2,1-5H3,(H,18,19). The fourth-order valence-electron chi connectivity index (χ4n) is 2.20. The first-order valence-electron chi connectivity index (χ1n) is 7.17. The van der Waals surface area contributed by atoms with Crippen LogP contribution in [0, 0.1) is 5.92 Å². The number of ether oxygens (including phenoxy) is 2. The largest absolute Gasteiger partial charge is 0.493 e. The van der Waals surface area contributed by atoms with E-state index in [1.54, 1.807) is 14.2 Å². The molecule has 0 heterocycles. The maximum absolute atomic E-state index is 12.0. The molecule has 5 nitrogen and oxygen atoms in total. The van der Waals surface area contributed by atoms with Gasteiger partial charge in [-0.15, -0.1) is 0 Å². The summed E-state index contributed by atoms with van der Waals surface area (Å²) in [5.74, 6) is 1.44. The normalized spacial score (nSPS) is 13.4. The number of nitrogens with one attached hydrogen (secondary N) is 2. The lowest BCUT2D eigenvalue weighted by atomic mass is 10.1. The maximum Gasteiger partial charge on any atom is 0.224 e. The van der Waals surface area contributed by atoms with E-state index < -0.39 is 0 Å². The monoisotopic (exact) mass is 294 g/mol. The Morgan fingerprint density at radius 3 is 2.43 bits per heavy atom. The number of methoxy groups -OCH3 is 2. The van der Waals surface area contributed by atoms with E-state index in [1.807, 2.05) is 39.1 Å². The van der Waals surface area contributed by atoms with Crippen LogP contribution >= 0.6 is 0 Å². The molecule has 0 aromatic heterocycles. The highest BCUT2D eigenvalue weighted by molar-refractivity contribution is 5.78. The minimum atomic E-state index is -0.0390. The Hall–Kier alpha value is -1.75. The number of hydrogen-bond acceptors (Lipinski definition) is 4. The van der Waals surface area contributed by atoms with Crippen molar-refractivity contribution >= 4 is 5.91 Å². The smallest absolute Gasteiger partial charge is 0.224 e. The van der Waals surface area contributed by atoms with E-state index in [0.717, 1.165) is 12.0 Å². The van der Waals surface area contributed by atoms with Gasteiger partial charge in [-0.05, 0) is 38.1 Å². The van der Waals surface area contributed by atoms with Crippen LogP contribution in [0.2, 0.25) is 0 Å². The highest BCUT2D eigenvalue weighted by Crippen LogP contribution is 2.27. The first-order valence-corrected chi connectivity index (χ1v) is 7.17. The highest BCUT2D eigenvalue weighted by Gasteiger charge is 2.15. The molecule has 0 fully saturated rings. The number of amides is 1. The molecular formula is C16H26N2O3. The molecule has 0 aliphatic heterocycles. The summed E-state index contributed by atoms with van der Waals surface area (Å²) in [7, 11) is 5.08. The maximum atomic E-state index is 12.0. The molecule has 0 saturated carbocycles. The fraction of sp³-hybridized carbons (Fsp3) is 0.562. The van der Waals surface area contributed by atoms with Crippen molar-refractivity contribution in [2.45, 2.75) is 26.3 Å². The molecule has 0 radical (unpaired) electrons. The Kier molecular flexibility index (Phi) is 7.02. The Labute approximate surface area is 127 Å². The number of rotatable bonds is 8. The summed E-state index contributed by atoms with van der Waals surface area (Å²) in [5.41, 5.74) is 1.10. The van der Waals surface area contributed by atoms with Crippen molar-refractivity contribution in [3.05, 3.63) is 23.8 Å². The third-order valence-corrected chi connectivity index (χ3v) is 3.34. The number of hydrogen-bond donors (Lipinski definition) is 2. The molecule has 1 rings (SSSR count). The van der Waals surface area contributed by atoms with Crippen LogP contribution in [0.5, 0.6) is 11.5 Å². The van der Waals surface area contributed by atoms with E-state index in [0.29, 0.717) is 18.0 Å². The third kappa shape index (κ3) is 5.27. The zero-order valence-corrected chi connectivity index (χ0v) is 13.5. The second kappa shape index (κ2) is 8.52. The average molecular weight is 294 g/mol. The summed E-state index contributed by atoms with van der Waals surface area (Å²) in [6.07, 6.45) is 0.748. The number of benzene rings is 1. The van der Waals surface area contributed by atoms with Crippen LogP contribution < -0.4 is 20.1 Å². The van der Waals surface area contributed by atoms with Gasteiger partial charge in [-0.3, -0.25) is 4.79 Å². The quantitative estimate of drug-likeness (QED) is 0.765. The minimum Gasteiger partial charge on any atom is -0.493 e. The summed E-state index contributed by atoms with van der Waals surface area (Å²) in [5, 5.41) is 6.04. The zero-order valence-electron chi connectivity index (χ0n) is 13.5. The molecule has 0 aliphatic rings. The first-order chi connectivity index (χ1) is 10.0. The van der Waals surface area contributed by atoms with Gasteiger partial charge in [0.05, 0.1) is 14.2 Å². The SMILES string of the molecule is CNCC(C)C(=O)NC(C)Cc1ccc(OC)c(OC)c1. The topological polar surface area (TPSA) is 59.6 Å². The molecule has 0 bridgehead atoms. The van der Waals surface area contributed by atoms with Gasteiger partial charge in [0.1, 0.15) is 0 Å². The Balaban J connectivity index is 2.62. The van der Waals surface area contributed by atoms with Crippen molar-refractivity contribution in [2.75, 3.05) is 27.8 Å². The van der Waals surface area contributed by atoms with Crippen molar-refractivity contribution in [3.63, 3.8) is 0 Å². The van der Waals surface area contributed by atoms with Crippen LogP contribution in [0.15, 0.2) is 18.2 Å². The molecule has 118 valence electrons. The molecular weight excluding hydrogens is 268 g/mol. The molecule has 0 aliphatic carbocycles. The fourth-order valence-corrected chi connectivity index (χ4v) is 2.20. The molecule has 21 heavy (non-hydrogen) atoms. The van der Waals surface area contributed by atoms with Crippen LogP contribution in [0.4, 0.5) is 0 Å². The summed E-state index contributed by atoms with van der Waals surface area (Å²) in [4.78, 5) is 12.0. The van der Waals surface area contributed by atoms with Crippen molar-refractivity contribution < 1.29 is 14.3 Å². The Bertz CT molecular complexity index is 463. The second-order valence-corrected chi connectivity index (χ2v) is 5.26. The Morgan fingerprint density at radius 2 is 1.86 bits per heavy atom. The van der Waals surface area contributed by atoms with Crippen molar-refractivity contribution in [1.82, 2.24) is 10.6 Å². The molecule has 1 aromatic rings. The average Bonchev–Trinajstić information content (AvgIpc) is 2.47. The van der Waals surface area contributed by atoms with Crippen LogP contribution in [0.1, 0.15) is 19.4 Å². The van der Waals surface area contributed by atoms with E-state index in [2.05, 4.69) is 10.6 Å². The summed E-state index contributed by atoms with van der Waals surface area (Å²) < 4.78 is 10.5. The van der Waals surface area contributed by atoms with Gasteiger partial charge in [0, 0.05) is 18.5 Å². The highest BCUT2D eigenvalue weighted by atomic mass is 16.5. The lowest BCUT2D eigenvalue weighted by Gasteiger charge is -2.18. The van der Waals surface area contributed by atoms with Crippen molar-refractivity contribution in [2.24, 2.45) is 5.92 Å². The predicted molar refractivity (Wildman–Crippen MR) is 83.9 cm³/mol. The van der Waals surface area contributed by atoms with Gasteiger partial charge in [-0.25, -0.2) is 0 Å². The molecule has 1 aromatic carbocycles. The van der Waals surface area contributed by atoms with Gasteiger partial charge in [0.15, 0.2) is 11.5 Å². The van der Waals surface area contributed by atoms with E-state index in [1.165, 1.54) is 0 Å². The van der Waals surface area contributed by atoms with Gasteiger partial charge < -0.3 is 20.1 Å². The van der Waals surface area contributed by atoms with Gasteiger partial charge in [0.2, 0.25) is 5.91 Å². The molecule has 1 amide bonds. The van der Waals surface area contributed by atoms with Gasteiger partial charge in [-0.2, -0.15) is 0 Å². The molecule has 0 spiro atoms. The van der Waals surface area contributed by atoms with E-state index >= 15 is 0 Å². The molecule has 2 N–H and O–H groups in total. The Morgan fingerprint density at radius 1 is 1.19 bits per heavy atom. The molecule has 5 heteroatoms. The van der Waals surface area contributed by atoms with Crippen LogP contribution in [0.3, 0.4) is 0 Å². The summed E-state index contributed by atoms with van der Waals surface area (Å²) >= 11 is 0. The molecule has 0 saturated heterocycles. The van der Waals surface area contributed by atoms with E-state index in [4.69, 9.17) is 9.47 Å².